The van der Waals surface area contributed by atoms with E-state index in [0.29, 0.717) is 0 Å². The third kappa shape index (κ3) is 9.44. The second kappa shape index (κ2) is 22.2. The van der Waals surface area contributed by atoms with E-state index in [4.69, 9.17) is 5.73 Å². The first kappa shape index (κ1) is 33.1. The number of allylic oxidation sites excluding steroid dienone is 4. The highest BCUT2D eigenvalue weighted by Crippen LogP contribution is 2.40. The zero-order chi connectivity index (χ0) is 24.7. The SMILES string of the molecule is C=C/C=C(\C=C/C)C(C(N)=O)(c1ccccc1)c1ccccc1.CC.CC.CC.CS. The Morgan fingerprint density at radius 2 is 1.19 bits per heavy atom. The molecule has 2 aromatic carbocycles. The molecule has 0 aliphatic carbocycles. The summed E-state index contributed by atoms with van der Waals surface area (Å²) in [6, 6.07) is 19.2. The predicted octanol–water partition coefficient (Wildman–Crippen LogP) is 7.77. The average Bonchev–Trinajstić information content (AvgIpc) is 2.86. The number of primary amides is 1. The molecule has 2 aromatic rings. The third-order valence-corrected chi connectivity index (χ3v) is 3.86. The molecular weight excluding hydrogens is 398 g/mol. The maximum atomic E-state index is 12.7. The summed E-state index contributed by atoms with van der Waals surface area (Å²) in [6.45, 7) is 17.7. The predicted molar refractivity (Wildman–Crippen MR) is 145 cm³/mol. The smallest absolute Gasteiger partial charge is 0.237 e. The topological polar surface area (TPSA) is 43.1 Å². The monoisotopic (exact) mass is 441 g/mol. The van der Waals surface area contributed by atoms with E-state index in [1.807, 2.05) is 127 Å². The number of nitrogens with two attached hydrogens (primary N) is 1. The molecule has 0 fully saturated rings. The van der Waals surface area contributed by atoms with E-state index in [1.165, 1.54) is 0 Å². The Bertz CT molecular complexity index is 695. The minimum Gasteiger partial charge on any atom is -0.368 e. The van der Waals surface area contributed by atoms with Crippen LogP contribution in [-0.2, 0) is 10.2 Å². The first-order valence-corrected chi connectivity index (χ1v) is 11.9. The van der Waals surface area contributed by atoms with Crippen LogP contribution in [0.15, 0.2) is 97.1 Å². The van der Waals surface area contributed by atoms with Crippen LogP contribution in [0.25, 0.3) is 0 Å². The van der Waals surface area contributed by atoms with Crippen molar-refractivity contribution in [2.45, 2.75) is 53.9 Å². The van der Waals surface area contributed by atoms with Gasteiger partial charge >= 0.3 is 0 Å². The van der Waals surface area contributed by atoms with E-state index >= 15 is 0 Å². The van der Waals surface area contributed by atoms with E-state index in [9.17, 15) is 4.79 Å². The van der Waals surface area contributed by atoms with E-state index in [-0.39, 0.29) is 0 Å². The minimum atomic E-state index is -1.05. The number of hydrogen-bond acceptors (Lipinski definition) is 2. The van der Waals surface area contributed by atoms with Crippen molar-refractivity contribution in [1.29, 1.82) is 0 Å². The molecule has 0 saturated heterocycles. The molecule has 0 atom stereocenters. The summed E-state index contributed by atoms with van der Waals surface area (Å²) in [7, 11) is 0. The van der Waals surface area contributed by atoms with Crippen LogP contribution in [0.5, 0.6) is 0 Å². The van der Waals surface area contributed by atoms with Gasteiger partial charge in [-0.2, -0.15) is 12.6 Å². The summed E-state index contributed by atoms with van der Waals surface area (Å²) in [4.78, 5) is 12.7. The van der Waals surface area contributed by atoms with Gasteiger partial charge in [0.15, 0.2) is 0 Å². The summed E-state index contributed by atoms with van der Waals surface area (Å²) < 4.78 is 0. The van der Waals surface area contributed by atoms with Crippen molar-refractivity contribution in [2.24, 2.45) is 5.73 Å². The van der Waals surface area contributed by atoms with Gasteiger partial charge in [-0.1, -0.05) is 133 Å². The quantitative estimate of drug-likeness (QED) is 0.349. The maximum absolute atomic E-state index is 12.7. The molecule has 3 heteroatoms. The average molecular weight is 442 g/mol. The second-order valence-electron chi connectivity index (χ2n) is 5.20. The Morgan fingerprint density at radius 3 is 1.45 bits per heavy atom. The van der Waals surface area contributed by atoms with Crippen LogP contribution in [0.1, 0.15) is 59.6 Å². The molecule has 2 rings (SSSR count). The summed E-state index contributed by atoms with van der Waals surface area (Å²) in [6.07, 6.45) is 9.02. The number of thiol groups is 1. The fraction of sp³-hybridized carbons (Fsp3) is 0.321. The minimum absolute atomic E-state index is 0.416. The number of carbonyl (C=O) groups excluding carboxylic acids is 1. The standard InChI is InChI=1S/C21H21NO.3C2H6.CH4S/c1-3-11-17(12-4-2)21(20(22)23,18-13-7-5-8-14-18)19-15-9-6-10-16-19;4*1-2/h3-16H,1H2,2H3,(H2,22,23);3*1-2H3;2H,1H3/b12-4-,17-11+;;;;. The molecule has 2 N–H and O–H groups in total. The van der Waals surface area contributed by atoms with Crippen LogP contribution in [0.3, 0.4) is 0 Å². The van der Waals surface area contributed by atoms with Gasteiger partial charge in [0.25, 0.3) is 0 Å². The first-order valence-electron chi connectivity index (χ1n) is 11.0. The van der Waals surface area contributed by atoms with E-state index < -0.39 is 11.3 Å². The Morgan fingerprint density at radius 1 is 0.839 bits per heavy atom. The lowest BCUT2D eigenvalue weighted by atomic mass is 9.68. The number of carbonyl (C=O) groups is 1. The second-order valence-corrected chi connectivity index (χ2v) is 5.20. The van der Waals surface area contributed by atoms with Crippen molar-refractivity contribution < 1.29 is 4.79 Å². The molecule has 0 saturated carbocycles. The zero-order valence-electron chi connectivity index (χ0n) is 20.7. The number of amides is 1. The highest BCUT2D eigenvalue weighted by atomic mass is 32.1. The number of benzene rings is 2. The summed E-state index contributed by atoms with van der Waals surface area (Å²) >= 11 is 3.53. The van der Waals surface area contributed by atoms with Gasteiger partial charge in [-0.15, -0.1) is 0 Å². The van der Waals surface area contributed by atoms with Crippen molar-refractivity contribution >= 4 is 18.5 Å². The maximum Gasteiger partial charge on any atom is 0.237 e. The van der Waals surface area contributed by atoms with Crippen LogP contribution in [-0.4, -0.2) is 12.2 Å². The largest absolute Gasteiger partial charge is 0.368 e. The first-order chi connectivity index (χ1) is 15.2. The fourth-order valence-electron chi connectivity index (χ4n) is 2.92. The van der Waals surface area contributed by atoms with Gasteiger partial charge < -0.3 is 5.73 Å². The lowest BCUT2D eigenvalue weighted by Gasteiger charge is -2.33. The lowest BCUT2D eigenvalue weighted by molar-refractivity contribution is -0.121. The highest BCUT2D eigenvalue weighted by Gasteiger charge is 2.42. The Balaban J connectivity index is -0.000000879. The van der Waals surface area contributed by atoms with Crippen LogP contribution in [0.4, 0.5) is 0 Å². The molecule has 0 bridgehead atoms. The molecule has 2 nitrogen and oxygen atoms in total. The van der Waals surface area contributed by atoms with Crippen LogP contribution < -0.4 is 5.73 Å². The summed E-state index contributed by atoms with van der Waals surface area (Å²) in [5, 5.41) is 0. The van der Waals surface area contributed by atoms with Gasteiger partial charge in [0.05, 0.1) is 0 Å². The van der Waals surface area contributed by atoms with Crippen molar-refractivity contribution in [2.75, 3.05) is 6.26 Å². The fourth-order valence-corrected chi connectivity index (χ4v) is 2.92. The van der Waals surface area contributed by atoms with Crippen LogP contribution >= 0.6 is 12.6 Å². The molecule has 0 spiro atoms. The number of hydrogen-bond donors (Lipinski definition) is 2. The zero-order valence-corrected chi connectivity index (χ0v) is 21.6. The van der Waals surface area contributed by atoms with Gasteiger partial charge in [0, 0.05) is 0 Å². The van der Waals surface area contributed by atoms with Gasteiger partial charge in [-0.25, -0.2) is 0 Å². The van der Waals surface area contributed by atoms with E-state index in [0.717, 1.165) is 16.7 Å². The van der Waals surface area contributed by atoms with Gasteiger partial charge in [-0.05, 0) is 29.9 Å². The van der Waals surface area contributed by atoms with E-state index in [2.05, 4.69) is 19.2 Å². The lowest BCUT2D eigenvalue weighted by Crippen LogP contribution is -2.43. The molecule has 0 aromatic heterocycles. The number of rotatable bonds is 6. The van der Waals surface area contributed by atoms with E-state index in [1.54, 1.807) is 12.3 Å². The molecule has 1 amide bonds. The van der Waals surface area contributed by atoms with Crippen molar-refractivity contribution in [3.8, 4) is 0 Å². The van der Waals surface area contributed by atoms with Gasteiger partial charge in [-0.3, -0.25) is 4.79 Å². The molecule has 0 unspecified atom stereocenters. The highest BCUT2D eigenvalue weighted by molar-refractivity contribution is 7.79. The Hall–Kier alpha value is -2.52. The molecular formula is C28H43NOS. The third-order valence-electron chi connectivity index (χ3n) is 3.86. The molecule has 0 heterocycles. The summed E-state index contributed by atoms with van der Waals surface area (Å²) in [5.74, 6) is -0.416. The van der Waals surface area contributed by atoms with Gasteiger partial charge in [0.1, 0.15) is 5.41 Å². The van der Waals surface area contributed by atoms with Crippen LogP contribution in [0.2, 0.25) is 0 Å². The summed E-state index contributed by atoms with van der Waals surface area (Å²) in [5.41, 5.74) is 7.36. The molecule has 0 aliphatic heterocycles. The Labute approximate surface area is 197 Å². The molecule has 0 aliphatic rings. The molecule has 172 valence electrons. The Kier molecular flexibility index (Phi) is 23.7. The van der Waals surface area contributed by atoms with Crippen LogP contribution in [0, 0.1) is 0 Å². The van der Waals surface area contributed by atoms with Crippen molar-refractivity contribution in [3.63, 3.8) is 0 Å². The normalized spacial score (nSPS) is 9.90. The molecule has 0 radical (unpaired) electrons. The molecule has 31 heavy (non-hydrogen) atoms. The van der Waals surface area contributed by atoms with Crippen molar-refractivity contribution in [1.82, 2.24) is 0 Å². The van der Waals surface area contributed by atoms with Gasteiger partial charge in [0.2, 0.25) is 5.91 Å². The van der Waals surface area contributed by atoms with Crippen molar-refractivity contribution in [3.05, 3.63) is 108 Å².